The number of nitriles is 1. The Bertz CT molecular complexity index is 811. The number of hydrogen-bond donors (Lipinski definition) is 0. The molecule has 1 aliphatic carbocycles. The lowest BCUT2D eigenvalue weighted by molar-refractivity contribution is -0.138. The summed E-state index contributed by atoms with van der Waals surface area (Å²) in [6, 6.07) is 6.96. The van der Waals surface area contributed by atoms with Crippen LogP contribution < -0.4 is 0 Å². The summed E-state index contributed by atoms with van der Waals surface area (Å²) in [4.78, 5) is 14.5. The van der Waals surface area contributed by atoms with E-state index in [0.717, 1.165) is 25.0 Å². The maximum Gasteiger partial charge on any atom is 0.243 e. The number of hydrogen-bond acceptors (Lipinski definition) is 4. The molecular formula is C18H22FN3O3S. The van der Waals surface area contributed by atoms with Crippen LogP contribution in [0.5, 0.6) is 0 Å². The number of halogens is 1. The lowest BCUT2D eigenvalue weighted by Crippen LogP contribution is -2.44. The van der Waals surface area contributed by atoms with Gasteiger partial charge in [-0.3, -0.25) is 4.79 Å². The standard InChI is InChI=1S/C18H22FN3O3S/c19-15-4-6-16(7-5-15)26(24,25)22-11-3-10-21(12-13-22)17(23)18(14-20)8-1-2-9-18/h4-7H,1-3,8-13H2. The highest BCUT2D eigenvalue weighted by molar-refractivity contribution is 7.89. The summed E-state index contributed by atoms with van der Waals surface area (Å²) in [5.74, 6) is -0.659. The van der Waals surface area contributed by atoms with Gasteiger partial charge in [0.2, 0.25) is 15.9 Å². The Balaban J connectivity index is 1.73. The van der Waals surface area contributed by atoms with E-state index in [1.54, 1.807) is 4.90 Å². The zero-order valence-electron chi connectivity index (χ0n) is 14.5. The third-order valence-corrected chi connectivity index (χ3v) is 7.19. The summed E-state index contributed by atoms with van der Waals surface area (Å²) in [6.45, 7) is 1.18. The van der Waals surface area contributed by atoms with E-state index in [0.29, 0.717) is 32.4 Å². The first-order valence-electron chi connectivity index (χ1n) is 8.85. The Labute approximate surface area is 153 Å². The normalized spacial score (nSPS) is 21.2. The molecule has 26 heavy (non-hydrogen) atoms. The van der Waals surface area contributed by atoms with Gasteiger partial charge in [-0.1, -0.05) is 12.8 Å². The van der Waals surface area contributed by atoms with Crippen LogP contribution in [-0.4, -0.2) is 49.7 Å². The van der Waals surface area contributed by atoms with Crippen molar-refractivity contribution >= 4 is 15.9 Å². The van der Waals surface area contributed by atoms with E-state index in [9.17, 15) is 22.9 Å². The molecule has 1 amide bonds. The molecule has 8 heteroatoms. The van der Waals surface area contributed by atoms with Gasteiger partial charge in [0.25, 0.3) is 0 Å². The molecule has 1 aromatic carbocycles. The van der Waals surface area contributed by atoms with E-state index in [4.69, 9.17) is 0 Å². The zero-order valence-corrected chi connectivity index (χ0v) is 15.3. The van der Waals surface area contributed by atoms with Crippen molar-refractivity contribution in [3.63, 3.8) is 0 Å². The summed E-state index contributed by atoms with van der Waals surface area (Å²) < 4.78 is 39.9. The van der Waals surface area contributed by atoms with Gasteiger partial charge in [0, 0.05) is 26.2 Å². The summed E-state index contributed by atoms with van der Waals surface area (Å²) in [7, 11) is -3.73. The number of carbonyl (C=O) groups excluding carboxylic acids is 1. The van der Waals surface area contributed by atoms with Crippen LogP contribution in [-0.2, 0) is 14.8 Å². The Hall–Kier alpha value is -1.98. The molecule has 0 aromatic heterocycles. The molecule has 0 N–H and O–H groups in total. The van der Waals surface area contributed by atoms with E-state index in [2.05, 4.69) is 6.07 Å². The van der Waals surface area contributed by atoms with Crippen LogP contribution >= 0.6 is 0 Å². The first-order chi connectivity index (χ1) is 12.4. The van der Waals surface area contributed by atoms with Gasteiger partial charge in [-0.2, -0.15) is 9.57 Å². The van der Waals surface area contributed by atoms with Gasteiger partial charge in [-0.05, 0) is 43.5 Å². The minimum absolute atomic E-state index is 0.0444. The Kier molecular flexibility index (Phi) is 5.30. The molecule has 0 unspecified atom stereocenters. The number of nitrogens with zero attached hydrogens (tertiary/aromatic N) is 3. The van der Waals surface area contributed by atoms with E-state index >= 15 is 0 Å². The summed E-state index contributed by atoms with van der Waals surface area (Å²) in [5.41, 5.74) is -0.939. The largest absolute Gasteiger partial charge is 0.340 e. The number of benzene rings is 1. The highest BCUT2D eigenvalue weighted by Gasteiger charge is 2.44. The van der Waals surface area contributed by atoms with Crippen LogP contribution in [0.15, 0.2) is 29.2 Å². The highest BCUT2D eigenvalue weighted by Crippen LogP contribution is 2.39. The first-order valence-corrected chi connectivity index (χ1v) is 10.3. The van der Waals surface area contributed by atoms with Crippen molar-refractivity contribution in [2.75, 3.05) is 26.2 Å². The second-order valence-corrected chi connectivity index (χ2v) is 8.84. The molecule has 1 aliphatic heterocycles. The SMILES string of the molecule is N#CC1(C(=O)N2CCCN(S(=O)(=O)c3ccc(F)cc3)CC2)CCCC1. The zero-order chi connectivity index (χ0) is 18.8. The van der Waals surface area contributed by atoms with Crippen LogP contribution in [0.2, 0.25) is 0 Å². The number of sulfonamides is 1. The molecule has 3 rings (SSSR count). The predicted octanol–water partition coefficient (Wildman–Crippen LogP) is 2.13. The van der Waals surface area contributed by atoms with Crippen LogP contribution in [0.4, 0.5) is 4.39 Å². The second-order valence-electron chi connectivity index (χ2n) is 6.90. The smallest absolute Gasteiger partial charge is 0.243 e. The van der Waals surface area contributed by atoms with Crippen molar-refractivity contribution in [2.24, 2.45) is 5.41 Å². The Morgan fingerprint density at radius 2 is 1.69 bits per heavy atom. The summed E-state index contributed by atoms with van der Waals surface area (Å²) >= 11 is 0. The molecule has 0 spiro atoms. The molecule has 0 radical (unpaired) electrons. The predicted molar refractivity (Wildman–Crippen MR) is 92.9 cm³/mol. The third-order valence-electron chi connectivity index (χ3n) is 5.27. The molecule has 1 aromatic rings. The van der Waals surface area contributed by atoms with Crippen molar-refractivity contribution in [3.05, 3.63) is 30.1 Å². The van der Waals surface area contributed by atoms with Gasteiger partial charge in [-0.25, -0.2) is 12.8 Å². The third kappa shape index (κ3) is 3.46. The Morgan fingerprint density at radius 3 is 2.31 bits per heavy atom. The van der Waals surface area contributed by atoms with Crippen LogP contribution in [0.25, 0.3) is 0 Å². The monoisotopic (exact) mass is 379 g/mol. The fraction of sp³-hybridized carbons (Fsp3) is 0.556. The number of rotatable bonds is 3. The van der Waals surface area contributed by atoms with Gasteiger partial charge in [0.1, 0.15) is 11.2 Å². The molecule has 1 saturated carbocycles. The van der Waals surface area contributed by atoms with Crippen molar-refractivity contribution in [1.29, 1.82) is 5.26 Å². The summed E-state index contributed by atoms with van der Waals surface area (Å²) in [6.07, 6.45) is 3.41. The van der Waals surface area contributed by atoms with E-state index < -0.39 is 21.3 Å². The minimum atomic E-state index is -3.73. The quantitative estimate of drug-likeness (QED) is 0.806. The average Bonchev–Trinajstić information content (AvgIpc) is 2.99. The maximum absolute atomic E-state index is 13.1. The molecule has 1 heterocycles. The van der Waals surface area contributed by atoms with E-state index in [1.807, 2.05) is 0 Å². The van der Waals surface area contributed by atoms with Crippen LogP contribution in [0.1, 0.15) is 32.1 Å². The molecular weight excluding hydrogens is 357 g/mol. The summed E-state index contributed by atoms with van der Waals surface area (Å²) in [5, 5.41) is 9.51. The van der Waals surface area contributed by atoms with Gasteiger partial charge < -0.3 is 4.90 Å². The molecule has 0 bridgehead atoms. The lowest BCUT2D eigenvalue weighted by Gasteiger charge is -2.28. The molecule has 2 fully saturated rings. The molecule has 6 nitrogen and oxygen atoms in total. The van der Waals surface area contributed by atoms with E-state index in [1.165, 1.54) is 16.4 Å². The van der Waals surface area contributed by atoms with Crippen molar-refractivity contribution in [1.82, 2.24) is 9.21 Å². The second kappa shape index (κ2) is 7.33. The van der Waals surface area contributed by atoms with E-state index in [-0.39, 0.29) is 23.9 Å². The van der Waals surface area contributed by atoms with Crippen molar-refractivity contribution in [3.8, 4) is 6.07 Å². The molecule has 140 valence electrons. The minimum Gasteiger partial charge on any atom is -0.340 e. The number of amides is 1. The molecule has 1 saturated heterocycles. The van der Waals surface area contributed by atoms with Crippen molar-refractivity contribution < 1.29 is 17.6 Å². The van der Waals surface area contributed by atoms with Crippen molar-refractivity contribution in [2.45, 2.75) is 37.0 Å². The average molecular weight is 379 g/mol. The van der Waals surface area contributed by atoms with Gasteiger partial charge in [0.05, 0.1) is 11.0 Å². The topological polar surface area (TPSA) is 81.5 Å². The number of carbonyl (C=O) groups is 1. The van der Waals surface area contributed by atoms with Gasteiger partial charge in [-0.15, -0.1) is 0 Å². The Morgan fingerprint density at radius 1 is 1.04 bits per heavy atom. The highest BCUT2D eigenvalue weighted by atomic mass is 32.2. The van der Waals surface area contributed by atoms with Gasteiger partial charge in [0.15, 0.2) is 0 Å². The fourth-order valence-corrected chi connectivity index (χ4v) is 5.22. The molecule has 0 atom stereocenters. The maximum atomic E-state index is 13.1. The fourth-order valence-electron chi connectivity index (χ4n) is 3.75. The lowest BCUT2D eigenvalue weighted by atomic mass is 9.86. The first kappa shape index (κ1) is 18.8. The van der Waals surface area contributed by atoms with Crippen LogP contribution in [0.3, 0.4) is 0 Å². The van der Waals surface area contributed by atoms with Gasteiger partial charge >= 0.3 is 0 Å². The molecule has 2 aliphatic rings. The van der Waals surface area contributed by atoms with Crippen LogP contribution in [0, 0.1) is 22.6 Å².